The summed E-state index contributed by atoms with van der Waals surface area (Å²) in [6.07, 6.45) is 1.60. The quantitative estimate of drug-likeness (QED) is 0.873. The number of benzene rings is 1. The number of aromatic nitrogens is 2. The fourth-order valence-corrected chi connectivity index (χ4v) is 1.43. The number of hydrogen-bond donors (Lipinski definition) is 2. The van der Waals surface area contributed by atoms with Crippen LogP contribution >= 0.6 is 0 Å². The summed E-state index contributed by atoms with van der Waals surface area (Å²) in [5.41, 5.74) is 0.433. The van der Waals surface area contributed by atoms with Gasteiger partial charge in [-0.05, 0) is 25.2 Å². The number of nitrogens with zero attached hydrogens (tertiary/aromatic N) is 2. The highest BCUT2D eigenvalue weighted by Crippen LogP contribution is 2.17. The van der Waals surface area contributed by atoms with Crippen LogP contribution in [0.3, 0.4) is 0 Å². The highest BCUT2D eigenvalue weighted by atomic mass is 19.2. The van der Waals surface area contributed by atoms with Crippen molar-refractivity contribution in [1.29, 1.82) is 0 Å². The summed E-state index contributed by atoms with van der Waals surface area (Å²) in [6, 6.07) is 5.24. The highest BCUT2D eigenvalue weighted by molar-refractivity contribution is 5.55. The molecule has 0 saturated heterocycles. The van der Waals surface area contributed by atoms with E-state index < -0.39 is 11.6 Å². The largest absolute Gasteiger partial charge is 0.340 e. The normalized spacial score (nSPS) is 10.4. The van der Waals surface area contributed by atoms with Crippen molar-refractivity contribution >= 4 is 11.5 Å². The van der Waals surface area contributed by atoms with E-state index in [-0.39, 0.29) is 0 Å². The molecule has 0 aliphatic carbocycles. The summed E-state index contributed by atoms with van der Waals surface area (Å²) in [7, 11) is 1.79. The first-order valence-corrected chi connectivity index (χ1v) is 5.37. The van der Waals surface area contributed by atoms with E-state index in [1.807, 2.05) is 0 Å². The molecule has 18 heavy (non-hydrogen) atoms. The molecule has 1 heterocycles. The van der Waals surface area contributed by atoms with E-state index in [9.17, 15) is 8.78 Å². The average molecular weight is 250 g/mol. The molecule has 0 radical (unpaired) electrons. The van der Waals surface area contributed by atoms with Gasteiger partial charge >= 0.3 is 0 Å². The van der Waals surface area contributed by atoms with E-state index in [1.165, 1.54) is 6.07 Å². The van der Waals surface area contributed by atoms with Gasteiger partial charge < -0.3 is 10.6 Å². The van der Waals surface area contributed by atoms with Crippen LogP contribution in [0.25, 0.3) is 0 Å². The smallest absolute Gasteiger partial charge is 0.160 e. The average Bonchev–Trinajstić information content (AvgIpc) is 2.35. The van der Waals surface area contributed by atoms with Gasteiger partial charge in [0.15, 0.2) is 11.6 Å². The summed E-state index contributed by atoms with van der Waals surface area (Å²) in [6.45, 7) is 0.535. The first kappa shape index (κ1) is 12.4. The lowest BCUT2D eigenvalue weighted by molar-refractivity contribution is 0.509. The molecule has 2 aromatic rings. The molecular formula is C12H12F2N4. The minimum atomic E-state index is -0.899. The van der Waals surface area contributed by atoms with Crippen molar-refractivity contribution in [1.82, 2.24) is 15.3 Å². The van der Waals surface area contributed by atoms with Crippen molar-refractivity contribution in [3.8, 4) is 0 Å². The zero-order valence-corrected chi connectivity index (χ0v) is 9.74. The predicted octanol–water partition coefficient (Wildman–Crippen LogP) is 2.22. The van der Waals surface area contributed by atoms with Crippen LogP contribution < -0.4 is 10.6 Å². The Morgan fingerprint density at radius 1 is 1.17 bits per heavy atom. The van der Waals surface area contributed by atoms with Crippen LogP contribution in [0.2, 0.25) is 0 Å². The van der Waals surface area contributed by atoms with E-state index in [2.05, 4.69) is 20.6 Å². The Labute approximate surface area is 103 Å². The van der Waals surface area contributed by atoms with Gasteiger partial charge in [-0.25, -0.2) is 18.7 Å². The van der Waals surface area contributed by atoms with Crippen LogP contribution in [0.1, 0.15) is 5.82 Å². The molecule has 0 aliphatic rings. The molecule has 0 bridgehead atoms. The van der Waals surface area contributed by atoms with Crippen LogP contribution in [0.5, 0.6) is 0 Å². The third kappa shape index (κ3) is 2.98. The summed E-state index contributed by atoms with van der Waals surface area (Å²) in [4.78, 5) is 8.26. The maximum atomic E-state index is 13.0. The Morgan fingerprint density at radius 3 is 2.72 bits per heavy atom. The van der Waals surface area contributed by atoms with Gasteiger partial charge in [0.25, 0.3) is 0 Å². The Morgan fingerprint density at radius 2 is 2.00 bits per heavy atom. The maximum Gasteiger partial charge on any atom is 0.160 e. The van der Waals surface area contributed by atoms with Crippen LogP contribution in [0.15, 0.2) is 30.5 Å². The lowest BCUT2D eigenvalue weighted by atomic mass is 10.3. The molecular weight excluding hydrogens is 238 g/mol. The predicted molar refractivity (Wildman–Crippen MR) is 64.4 cm³/mol. The number of rotatable bonds is 4. The molecule has 0 spiro atoms. The first-order valence-electron chi connectivity index (χ1n) is 5.37. The van der Waals surface area contributed by atoms with E-state index in [1.54, 1.807) is 19.3 Å². The Hall–Kier alpha value is -2.08. The minimum Gasteiger partial charge on any atom is -0.340 e. The lowest BCUT2D eigenvalue weighted by Gasteiger charge is -2.07. The standard InChI is InChI=1S/C12H12F2N4/c1-15-7-12-16-5-4-11(18-12)17-8-2-3-9(13)10(14)6-8/h2-6,15H,7H2,1H3,(H,16,17,18). The van der Waals surface area contributed by atoms with Gasteiger partial charge in [0, 0.05) is 18.0 Å². The van der Waals surface area contributed by atoms with Crippen LogP contribution in [-0.2, 0) is 6.54 Å². The number of nitrogens with one attached hydrogen (secondary N) is 2. The van der Waals surface area contributed by atoms with Crippen molar-refractivity contribution < 1.29 is 8.78 Å². The third-order valence-electron chi connectivity index (χ3n) is 2.23. The molecule has 2 rings (SSSR count). The number of anilines is 2. The molecule has 2 N–H and O–H groups in total. The fourth-order valence-electron chi connectivity index (χ4n) is 1.43. The summed E-state index contributed by atoms with van der Waals surface area (Å²) in [5, 5.41) is 5.81. The van der Waals surface area contributed by atoms with Crippen LogP contribution in [0, 0.1) is 11.6 Å². The first-order chi connectivity index (χ1) is 8.69. The zero-order valence-electron chi connectivity index (χ0n) is 9.74. The van der Waals surface area contributed by atoms with Gasteiger partial charge in [-0.1, -0.05) is 0 Å². The van der Waals surface area contributed by atoms with Crippen LogP contribution in [0.4, 0.5) is 20.3 Å². The second-order valence-corrected chi connectivity index (χ2v) is 3.64. The number of halogens is 2. The minimum absolute atomic E-state index is 0.433. The summed E-state index contributed by atoms with van der Waals surface area (Å²) < 4.78 is 25.8. The molecule has 1 aromatic heterocycles. The second kappa shape index (κ2) is 5.50. The molecule has 0 aliphatic heterocycles. The van der Waals surface area contributed by atoms with E-state index in [0.29, 0.717) is 23.9 Å². The monoisotopic (exact) mass is 250 g/mol. The van der Waals surface area contributed by atoms with Gasteiger partial charge in [0.2, 0.25) is 0 Å². The van der Waals surface area contributed by atoms with E-state index >= 15 is 0 Å². The molecule has 1 aromatic carbocycles. The molecule has 4 nitrogen and oxygen atoms in total. The van der Waals surface area contributed by atoms with Crippen molar-refractivity contribution in [2.45, 2.75) is 6.54 Å². The van der Waals surface area contributed by atoms with E-state index in [0.717, 1.165) is 12.1 Å². The van der Waals surface area contributed by atoms with Gasteiger partial charge in [-0.15, -0.1) is 0 Å². The van der Waals surface area contributed by atoms with Crippen molar-refractivity contribution in [2.75, 3.05) is 12.4 Å². The Kier molecular flexibility index (Phi) is 3.78. The van der Waals surface area contributed by atoms with Gasteiger partial charge in [0.05, 0.1) is 6.54 Å². The van der Waals surface area contributed by atoms with Gasteiger partial charge in [-0.2, -0.15) is 0 Å². The van der Waals surface area contributed by atoms with Crippen molar-refractivity contribution in [3.63, 3.8) is 0 Å². The molecule has 0 unspecified atom stereocenters. The van der Waals surface area contributed by atoms with Gasteiger partial charge in [-0.3, -0.25) is 0 Å². The molecule has 6 heteroatoms. The molecule has 0 atom stereocenters. The van der Waals surface area contributed by atoms with E-state index in [4.69, 9.17) is 0 Å². The van der Waals surface area contributed by atoms with Crippen LogP contribution in [-0.4, -0.2) is 17.0 Å². The van der Waals surface area contributed by atoms with Crippen molar-refractivity contribution in [3.05, 3.63) is 47.9 Å². The summed E-state index contributed by atoms with van der Waals surface area (Å²) in [5.74, 6) is -0.630. The molecule has 0 saturated carbocycles. The Bertz CT molecular complexity index is 545. The van der Waals surface area contributed by atoms with Gasteiger partial charge in [0.1, 0.15) is 11.6 Å². The zero-order chi connectivity index (χ0) is 13.0. The second-order valence-electron chi connectivity index (χ2n) is 3.64. The number of hydrogen-bond acceptors (Lipinski definition) is 4. The molecule has 94 valence electrons. The lowest BCUT2D eigenvalue weighted by Crippen LogP contribution is -2.09. The third-order valence-corrected chi connectivity index (χ3v) is 2.23. The SMILES string of the molecule is CNCc1nccc(Nc2ccc(F)c(F)c2)n1. The fraction of sp³-hybridized carbons (Fsp3) is 0.167. The molecule has 0 amide bonds. The summed E-state index contributed by atoms with van der Waals surface area (Å²) >= 11 is 0. The van der Waals surface area contributed by atoms with Crippen molar-refractivity contribution in [2.24, 2.45) is 0 Å². The highest BCUT2D eigenvalue weighted by Gasteiger charge is 2.04. The maximum absolute atomic E-state index is 13.0. The topological polar surface area (TPSA) is 49.8 Å². The molecule has 0 fully saturated rings. The Balaban J connectivity index is 2.17.